The number of fused-ring (bicyclic) bond motifs is 1. The maximum Gasteiger partial charge on any atom is 0.150 e. The van der Waals surface area contributed by atoms with Gasteiger partial charge < -0.3 is 5.11 Å². The van der Waals surface area contributed by atoms with Crippen LogP contribution in [0.4, 0.5) is 0 Å². The first-order chi connectivity index (χ1) is 14.1. The molecule has 156 valence electrons. The Labute approximate surface area is 178 Å². The van der Waals surface area contributed by atoms with Gasteiger partial charge in [-0.1, -0.05) is 19.7 Å². The zero-order chi connectivity index (χ0) is 20.4. The van der Waals surface area contributed by atoms with Gasteiger partial charge in [0.2, 0.25) is 0 Å². The number of aryl methyl sites for hydroxylation is 1. The lowest BCUT2D eigenvalue weighted by Gasteiger charge is -2.36. The quantitative estimate of drug-likeness (QED) is 0.578. The SMILES string of the molecule is CCCN(CCO)C1CCC(c2cnc3c(c2)c(-c2cnn(C)c2)cn3S)CC1. The molecule has 0 aliphatic heterocycles. The van der Waals surface area contributed by atoms with Gasteiger partial charge in [0.1, 0.15) is 5.65 Å². The third-order valence-corrected chi connectivity index (χ3v) is 6.55. The van der Waals surface area contributed by atoms with E-state index < -0.39 is 0 Å². The fraction of sp³-hybridized carbons (Fsp3) is 0.545. The average Bonchev–Trinajstić information content (AvgIpc) is 3.31. The van der Waals surface area contributed by atoms with Gasteiger partial charge in [-0.05, 0) is 56.2 Å². The Kier molecular flexibility index (Phi) is 6.27. The van der Waals surface area contributed by atoms with E-state index in [4.69, 9.17) is 4.98 Å². The van der Waals surface area contributed by atoms with E-state index in [0.29, 0.717) is 12.0 Å². The van der Waals surface area contributed by atoms with Gasteiger partial charge in [-0.25, -0.2) is 4.98 Å². The van der Waals surface area contributed by atoms with Crippen molar-refractivity contribution in [1.82, 2.24) is 23.6 Å². The second kappa shape index (κ2) is 8.90. The van der Waals surface area contributed by atoms with E-state index in [1.807, 2.05) is 36.5 Å². The molecule has 3 heterocycles. The largest absolute Gasteiger partial charge is 0.395 e. The second-order valence-electron chi connectivity index (χ2n) is 8.19. The molecule has 0 aromatic carbocycles. The van der Waals surface area contributed by atoms with Crippen molar-refractivity contribution in [2.24, 2.45) is 7.05 Å². The molecule has 3 aromatic heterocycles. The minimum Gasteiger partial charge on any atom is -0.395 e. The predicted molar refractivity (Wildman–Crippen MR) is 120 cm³/mol. The molecule has 4 rings (SSSR count). The molecule has 0 radical (unpaired) electrons. The molecule has 1 N–H and O–H groups in total. The lowest BCUT2D eigenvalue weighted by atomic mass is 9.81. The van der Waals surface area contributed by atoms with E-state index in [9.17, 15) is 5.11 Å². The van der Waals surface area contributed by atoms with Crippen molar-refractivity contribution in [2.75, 3.05) is 19.7 Å². The van der Waals surface area contributed by atoms with Crippen LogP contribution in [-0.2, 0) is 7.05 Å². The Morgan fingerprint density at radius 2 is 1.97 bits per heavy atom. The van der Waals surface area contributed by atoms with Crippen molar-refractivity contribution in [2.45, 2.75) is 51.0 Å². The molecule has 0 unspecified atom stereocenters. The lowest BCUT2D eigenvalue weighted by Crippen LogP contribution is -2.40. The van der Waals surface area contributed by atoms with E-state index in [0.717, 1.165) is 41.7 Å². The summed E-state index contributed by atoms with van der Waals surface area (Å²) in [6.45, 7) is 4.33. The molecule has 1 saturated carbocycles. The number of aliphatic hydroxyl groups excluding tert-OH is 1. The number of pyridine rings is 1. The van der Waals surface area contributed by atoms with Gasteiger partial charge in [-0.2, -0.15) is 5.10 Å². The first-order valence-electron chi connectivity index (χ1n) is 10.6. The molecule has 1 aliphatic carbocycles. The summed E-state index contributed by atoms with van der Waals surface area (Å²) in [7, 11) is 1.93. The highest BCUT2D eigenvalue weighted by molar-refractivity contribution is 7.78. The summed E-state index contributed by atoms with van der Waals surface area (Å²) in [5, 5.41) is 14.8. The van der Waals surface area contributed by atoms with E-state index in [1.165, 1.54) is 31.2 Å². The molecule has 0 bridgehead atoms. The van der Waals surface area contributed by atoms with Gasteiger partial charge in [0.05, 0.1) is 12.8 Å². The number of nitrogens with zero attached hydrogens (tertiary/aromatic N) is 5. The standard InChI is InChI=1S/C22H31N5OS/c1-3-8-26(9-10-28)19-6-4-16(5-7-19)17-11-20-21(18-13-24-25(2)14-18)15-27(29)22(20)23-12-17/h11-16,19,28-29H,3-10H2,1-2H3. The fourth-order valence-corrected chi connectivity index (χ4v) is 5.06. The highest BCUT2D eigenvalue weighted by Gasteiger charge is 2.27. The minimum absolute atomic E-state index is 0.248. The first-order valence-corrected chi connectivity index (χ1v) is 11.0. The number of aromatic nitrogens is 4. The van der Waals surface area contributed by atoms with Gasteiger partial charge in [-0.3, -0.25) is 13.6 Å². The zero-order valence-electron chi connectivity index (χ0n) is 17.3. The van der Waals surface area contributed by atoms with E-state index in [-0.39, 0.29) is 6.61 Å². The second-order valence-corrected chi connectivity index (χ2v) is 8.63. The van der Waals surface area contributed by atoms with Crippen molar-refractivity contribution < 1.29 is 5.11 Å². The molecule has 3 aromatic rings. The van der Waals surface area contributed by atoms with Crippen LogP contribution in [0.15, 0.2) is 30.9 Å². The molecule has 29 heavy (non-hydrogen) atoms. The average molecular weight is 414 g/mol. The first kappa shape index (κ1) is 20.4. The summed E-state index contributed by atoms with van der Waals surface area (Å²) in [5.41, 5.74) is 4.43. The normalized spacial score (nSPS) is 20.0. The Balaban J connectivity index is 1.55. The molecule has 0 atom stereocenters. The third kappa shape index (κ3) is 4.22. The molecule has 0 amide bonds. The summed E-state index contributed by atoms with van der Waals surface area (Å²) in [4.78, 5) is 7.21. The van der Waals surface area contributed by atoms with Gasteiger partial charge in [-0.15, -0.1) is 0 Å². The summed E-state index contributed by atoms with van der Waals surface area (Å²) >= 11 is 4.56. The van der Waals surface area contributed by atoms with Crippen LogP contribution in [0.2, 0.25) is 0 Å². The predicted octanol–water partition coefficient (Wildman–Crippen LogP) is 3.86. The van der Waals surface area contributed by atoms with Gasteiger partial charge in [0.15, 0.2) is 0 Å². The summed E-state index contributed by atoms with van der Waals surface area (Å²) < 4.78 is 3.62. The van der Waals surface area contributed by atoms with Crippen LogP contribution in [0, 0.1) is 0 Å². The summed E-state index contributed by atoms with van der Waals surface area (Å²) in [6, 6.07) is 2.90. The number of aliphatic hydroxyl groups is 1. The van der Waals surface area contributed by atoms with E-state index in [1.54, 1.807) is 3.97 Å². The number of rotatable bonds is 7. The van der Waals surface area contributed by atoms with Crippen LogP contribution in [-0.4, -0.2) is 54.5 Å². The van der Waals surface area contributed by atoms with Crippen LogP contribution in [0.5, 0.6) is 0 Å². The Hall–Kier alpha value is -1.83. The van der Waals surface area contributed by atoms with Crippen LogP contribution < -0.4 is 0 Å². The van der Waals surface area contributed by atoms with Crippen molar-refractivity contribution in [3.8, 4) is 11.1 Å². The Morgan fingerprint density at radius 1 is 1.17 bits per heavy atom. The smallest absolute Gasteiger partial charge is 0.150 e. The molecule has 7 heteroatoms. The number of thiol groups is 1. The molecule has 0 saturated heterocycles. The minimum atomic E-state index is 0.248. The topological polar surface area (TPSA) is 59.1 Å². The van der Waals surface area contributed by atoms with Crippen LogP contribution in [0.1, 0.15) is 50.5 Å². The van der Waals surface area contributed by atoms with E-state index >= 15 is 0 Å². The van der Waals surface area contributed by atoms with Crippen LogP contribution in [0.3, 0.4) is 0 Å². The zero-order valence-corrected chi connectivity index (χ0v) is 18.2. The highest BCUT2D eigenvalue weighted by Crippen LogP contribution is 2.37. The number of hydrogen-bond acceptors (Lipinski definition) is 5. The van der Waals surface area contributed by atoms with Crippen molar-refractivity contribution in [1.29, 1.82) is 0 Å². The Bertz CT molecular complexity index is 951. The molecule has 6 nitrogen and oxygen atoms in total. The molecule has 1 fully saturated rings. The molecular formula is C22H31N5OS. The van der Waals surface area contributed by atoms with Crippen molar-refractivity contribution in [3.63, 3.8) is 0 Å². The monoisotopic (exact) mass is 413 g/mol. The van der Waals surface area contributed by atoms with Crippen LogP contribution >= 0.6 is 12.8 Å². The van der Waals surface area contributed by atoms with Gasteiger partial charge in [0.25, 0.3) is 0 Å². The molecule has 0 spiro atoms. The third-order valence-electron chi connectivity index (χ3n) is 6.24. The molecule has 1 aliphatic rings. The fourth-order valence-electron chi connectivity index (χ4n) is 4.79. The lowest BCUT2D eigenvalue weighted by molar-refractivity contribution is 0.119. The maximum absolute atomic E-state index is 9.38. The summed E-state index contributed by atoms with van der Waals surface area (Å²) in [6.07, 6.45) is 13.8. The van der Waals surface area contributed by atoms with Crippen molar-refractivity contribution in [3.05, 3.63) is 36.4 Å². The van der Waals surface area contributed by atoms with Gasteiger partial charge in [0, 0.05) is 54.7 Å². The number of hydrogen-bond donors (Lipinski definition) is 2. The van der Waals surface area contributed by atoms with Gasteiger partial charge >= 0.3 is 0 Å². The molecular weight excluding hydrogens is 382 g/mol. The highest BCUT2D eigenvalue weighted by atomic mass is 32.1. The summed E-state index contributed by atoms with van der Waals surface area (Å²) in [5.74, 6) is 0.547. The van der Waals surface area contributed by atoms with Crippen molar-refractivity contribution >= 4 is 23.8 Å². The van der Waals surface area contributed by atoms with E-state index in [2.05, 4.69) is 35.8 Å². The Morgan fingerprint density at radius 3 is 2.62 bits per heavy atom. The maximum atomic E-state index is 9.38. The van der Waals surface area contributed by atoms with Crippen LogP contribution in [0.25, 0.3) is 22.2 Å².